The van der Waals surface area contributed by atoms with Crippen molar-refractivity contribution in [3.05, 3.63) is 33.9 Å². The molecular formula is C12H17N3O3. The fraction of sp³-hybridized carbons (Fsp3) is 0.417. The van der Waals surface area contributed by atoms with Gasteiger partial charge in [0, 0.05) is 20.2 Å². The fourth-order valence-electron chi connectivity index (χ4n) is 1.60. The second-order valence-electron chi connectivity index (χ2n) is 4.38. The summed E-state index contributed by atoms with van der Waals surface area (Å²) >= 11 is 0. The van der Waals surface area contributed by atoms with Crippen LogP contribution in [0, 0.1) is 17.0 Å². The Kier molecular flexibility index (Phi) is 4.25. The average Bonchev–Trinajstić information content (AvgIpc) is 2.29. The second-order valence-corrected chi connectivity index (χ2v) is 4.38. The van der Waals surface area contributed by atoms with Gasteiger partial charge >= 0.3 is 0 Å². The van der Waals surface area contributed by atoms with Crippen LogP contribution in [0.5, 0.6) is 0 Å². The number of amides is 1. The van der Waals surface area contributed by atoms with E-state index in [-0.39, 0.29) is 11.6 Å². The van der Waals surface area contributed by atoms with Crippen molar-refractivity contribution in [2.24, 2.45) is 0 Å². The highest BCUT2D eigenvalue weighted by atomic mass is 16.6. The lowest BCUT2D eigenvalue weighted by Gasteiger charge is -2.19. The van der Waals surface area contributed by atoms with Crippen LogP contribution in [0.25, 0.3) is 0 Å². The third-order valence-corrected chi connectivity index (χ3v) is 2.53. The van der Waals surface area contributed by atoms with Crippen molar-refractivity contribution in [2.75, 3.05) is 19.4 Å². The molecule has 0 aliphatic heterocycles. The van der Waals surface area contributed by atoms with Crippen LogP contribution in [0.4, 0.5) is 11.4 Å². The fourth-order valence-corrected chi connectivity index (χ4v) is 1.60. The minimum atomic E-state index is -0.513. The number of anilines is 1. The third kappa shape index (κ3) is 3.19. The molecule has 1 amide bonds. The molecule has 0 radical (unpaired) electrons. The van der Waals surface area contributed by atoms with Crippen molar-refractivity contribution in [2.45, 2.75) is 19.9 Å². The zero-order valence-electron chi connectivity index (χ0n) is 10.9. The maximum Gasteiger partial charge on any atom is 0.292 e. The molecule has 0 saturated heterocycles. The van der Waals surface area contributed by atoms with Gasteiger partial charge < -0.3 is 10.2 Å². The summed E-state index contributed by atoms with van der Waals surface area (Å²) in [5.41, 5.74) is 1.14. The summed E-state index contributed by atoms with van der Waals surface area (Å²) in [5.74, 6) is -0.134. The molecule has 1 N–H and O–H groups in total. The molecule has 0 saturated carbocycles. The highest BCUT2D eigenvalue weighted by Crippen LogP contribution is 2.25. The van der Waals surface area contributed by atoms with Crippen LogP contribution in [0.1, 0.15) is 12.5 Å². The largest absolute Gasteiger partial charge is 0.368 e. The molecule has 6 nitrogen and oxygen atoms in total. The molecule has 1 atom stereocenters. The van der Waals surface area contributed by atoms with Crippen molar-refractivity contribution in [3.8, 4) is 0 Å². The minimum absolute atomic E-state index is 0.0200. The third-order valence-electron chi connectivity index (χ3n) is 2.53. The normalized spacial score (nSPS) is 11.8. The molecule has 1 unspecified atom stereocenters. The number of nitrogens with one attached hydrogen (secondary N) is 1. The Morgan fingerprint density at radius 1 is 1.44 bits per heavy atom. The summed E-state index contributed by atoms with van der Waals surface area (Å²) in [4.78, 5) is 23.6. The first-order chi connectivity index (χ1) is 8.32. The molecular weight excluding hydrogens is 234 g/mol. The van der Waals surface area contributed by atoms with Gasteiger partial charge in [0.15, 0.2) is 0 Å². The van der Waals surface area contributed by atoms with Crippen LogP contribution in [-0.2, 0) is 4.79 Å². The molecule has 0 aliphatic carbocycles. The number of carbonyl (C=O) groups excluding carboxylic acids is 1. The smallest absolute Gasteiger partial charge is 0.292 e. The molecule has 18 heavy (non-hydrogen) atoms. The van der Waals surface area contributed by atoms with E-state index in [1.54, 1.807) is 40.1 Å². The Hall–Kier alpha value is -2.11. The van der Waals surface area contributed by atoms with E-state index in [2.05, 4.69) is 5.32 Å². The molecule has 1 aromatic carbocycles. The topological polar surface area (TPSA) is 75.5 Å². The van der Waals surface area contributed by atoms with E-state index < -0.39 is 11.0 Å². The van der Waals surface area contributed by atoms with Crippen molar-refractivity contribution in [3.63, 3.8) is 0 Å². The van der Waals surface area contributed by atoms with Gasteiger partial charge in [0.05, 0.1) is 4.92 Å². The van der Waals surface area contributed by atoms with Crippen LogP contribution >= 0.6 is 0 Å². The molecule has 0 heterocycles. The standard InChI is InChI=1S/C12H17N3O3/c1-8-5-6-10(11(7-8)15(17)18)13-9(2)12(16)14(3)4/h5-7,9,13H,1-4H3. The number of nitro groups is 1. The van der Waals surface area contributed by atoms with E-state index in [1.165, 1.54) is 11.0 Å². The number of nitro benzene ring substituents is 1. The lowest BCUT2D eigenvalue weighted by atomic mass is 10.1. The highest BCUT2D eigenvalue weighted by Gasteiger charge is 2.19. The number of benzene rings is 1. The van der Waals surface area contributed by atoms with Crippen molar-refractivity contribution >= 4 is 17.3 Å². The van der Waals surface area contributed by atoms with Gasteiger partial charge in [-0.1, -0.05) is 6.07 Å². The summed E-state index contributed by atoms with van der Waals surface area (Å²) in [7, 11) is 3.29. The van der Waals surface area contributed by atoms with Gasteiger partial charge in [-0.15, -0.1) is 0 Å². The molecule has 1 rings (SSSR count). The number of nitrogens with zero attached hydrogens (tertiary/aromatic N) is 2. The molecule has 6 heteroatoms. The van der Waals surface area contributed by atoms with E-state index in [4.69, 9.17) is 0 Å². The Morgan fingerprint density at radius 2 is 2.06 bits per heavy atom. The van der Waals surface area contributed by atoms with Crippen LogP contribution in [0.3, 0.4) is 0 Å². The zero-order valence-corrected chi connectivity index (χ0v) is 10.9. The molecule has 0 aromatic heterocycles. The van der Waals surface area contributed by atoms with Crippen LogP contribution in [-0.4, -0.2) is 35.9 Å². The summed E-state index contributed by atoms with van der Waals surface area (Å²) in [5, 5.41) is 13.8. The first-order valence-corrected chi connectivity index (χ1v) is 5.55. The maximum absolute atomic E-state index is 11.7. The summed E-state index contributed by atoms with van der Waals surface area (Å²) < 4.78 is 0. The SMILES string of the molecule is Cc1ccc(NC(C)C(=O)N(C)C)c([N+](=O)[O-])c1. The van der Waals surface area contributed by atoms with E-state index in [1.807, 2.05) is 0 Å². The van der Waals surface area contributed by atoms with Gasteiger partial charge in [0.1, 0.15) is 11.7 Å². The Balaban J connectivity index is 2.97. The van der Waals surface area contributed by atoms with E-state index in [0.29, 0.717) is 5.69 Å². The monoisotopic (exact) mass is 251 g/mol. The average molecular weight is 251 g/mol. The summed E-state index contributed by atoms with van der Waals surface area (Å²) in [6, 6.07) is 4.35. The van der Waals surface area contributed by atoms with E-state index in [0.717, 1.165) is 5.56 Å². The first kappa shape index (κ1) is 14.0. The van der Waals surface area contributed by atoms with Gasteiger partial charge in [-0.2, -0.15) is 0 Å². The predicted molar refractivity (Wildman–Crippen MR) is 69.6 cm³/mol. The van der Waals surface area contributed by atoms with Crippen molar-refractivity contribution < 1.29 is 9.72 Å². The first-order valence-electron chi connectivity index (χ1n) is 5.55. The van der Waals surface area contributed by atoms with E-state index in [9.17, 15) is 14.9 Å². The van der Waals surface area contributed by atoms with Gasteiger partial charge in [0.25, 0.3) is 5.69 Å². The van der Waals surface area contributed by atoms with Crippen LogP contribution in [0.2, 0.25) is 0 Å². The number of carbonyl (C=O) groups is 1. The summed E-state index contributed by atoms with van der Waals surface area (Å²) in [6.45, 7) is 3.46. The van der Waals surface area contributed by atoms with Gasteiger partial charge in [-0.25, -0.2) is 0 Å². The lowest BCUT2D eigenvalue weighted by molar-refractivity contribution is -0.384. The van der Waals surface area contributed by atoms with Crippen LogP contribution in [0.15, 0.2) is 18.2 Å². The van der Waals surface area contributed by atoms with Crippen molar-refractivity contribution in [1.29, 1.82) is 0 Å². The molecule has 0 fully saturated rings. The zero-order chi connectivity index (χ0) is 13.9. The van der Waals surface area contributed by atoms with Gasteiger partial charge in [-0.05, 0) is 25.5 Å². The predicted octanol–water partition coefficient (Wildman–Crippen LogP) is 1.79. The number of aryl methyl sites for hydroxylation is 1. The van der Waals surface area contributed by atoms with Crippen LogP contribution < -0.4 is 5.32 Å². The molecule has 0 spiro atoms. The Morgan fingerprint density at radius 3 is 2.56 bits per heavy atom. The number of likely N-dealkylation sites (N-methyl/N-ethyl adjacent to an activating group) is 1. The lowest BCUT2D eigenvalue weighted by Crippen LogP contribution is -2.36. The van der Waals surface area contributed by atoms with Gasteiger partial charge in [-0.3, -0.25) is 14.9 Å². The van der Waals surface area contributed by atoms with E-state index >= 15 is 0 Å². The second kappa shape index (κ2) is 5.48. The quantitative estimate of drug-likeness (QED) is 0.654. The number of rotatable bonds is 4. The van der Waals surface area contributed by atoms with Crippen molar-refractivity contribution in [1.82, 2.24) is 4.90 Å². The Bertz CT molecular complexity index is 472. The maximum atomic E-state index is 11.7. The van der Waals surface area contributed by atoms with Gasteiger partial charge in [0.2, 0.25) is 5.91 Å². The number of hydrogen-bond acceptors (Lipinski definition) is 4. The molecule has 0 bridgehead atoms. The summed E-state index contributed by atoms with van der Waals surface area (Å²) in [6.07, 6.45) is 0. The highest BCUT2D eigenvalue weighted by molar-refractivity contribution is 5.84. The number of hydrogen-bond donors (Lipinski definition) is 1. The molecule has 98 valence electrons. The molecule has 1 aromatic rings. The molecule has 0 aliphatic rings. The Labute approximate surface area is 106 Å². The minimum Gasteiger partial charge on any atom is -0.368 e.